The first-order valence-electron chi connectivity index (χ1n) is 10.5. The summed E-state index contributed by atoms with van der Waals surface area (Å²) in [5.41, 5.74) is 4.23. The standard InChI is InChI=1S/C26H20ClFN2O2/c1-16-20(27)8-4-10-21(16)30-25(31)23(18-11-13-19(28)14-12-18)24(26(30)32)29-15-5-7-17-6-2-3-9-22(17)29/h2-4,6,8-14H,5,7,15H2,1H3. The Bertz CT molecular complexity index is 1280. The molecular weight excluding hydrogens is 427 g/mol. The number of carbonyl (C=O) groups is 2. The van der Waals surface area contributed by atoms with Crippen molar-refractivity contribution in [2.45, 2.75) is 19.8 Å². The molecule has 0 bridgehead atoms. The van der Waals surface area contributed by atoms with Gasteiger partial charge in [0.2, 0.25) is 0 Å². The molecule has 2 aliphatic rings. The van der Waals surface area contributed by atoms with Gasteiger partial charge in [-0.05, 0) is 66.8 Å². The molecule has 0 aromatic heterocycles. The summed E-state index contributed by atoms with van der Waals surface area (Å²) in [5.74, 6) is -1.25. The minimum atomic E-state index is -0.440. The maximum absolute atomic E-state index is 13.8. The fourth-order valence-electron chi connectivity index (χ4n) is 4.47. The molecule has 0 saturated heterocycles. The van der Waals surface area contributed by atoms with E-state index in [0.29, 0.717) is 34.1 Å². The van der Waals surface area contributed by atoms with Gasteiger partial charge in [0.1, 0.15) is 11.5 Å². The van der Waals surface area contributed by atoms with E-state index in [4.69, 9.17) is 11.6 Å². The molecule has 0 fully saturated rings. The molecule has 2 aliphatic heterocycles. The van der Waals surface area contributed by atoms with Gasteiger partial charge in [0, 0.05) is 17.3 Å². The number of carbonyl (C=O) groups excluding carboxylic acids is 2. The Morgan fingerprint density at radius 1 is 0.875 bits per heavy atom. The summed E-state index contributed by atoms with van der Waals surface area (Å²) >= 11 is 6.30. The average molecular weight is 447 g/mol. The summed E-state index contributed by atoms with van der Waals surface area (Å²) in [5, 5.41) is 0.475. The van der Waals surface area contributed by atoms with E-state index in [9.17, 15) is 14.0 Å². The number of para-hydroxylation sites is 1. The van der Waals surface area contributed by atoms with Crippen molar-refractivity contribution < 1.29 is 14.0 Å². The SMILES string of the molecule is Cc1c(Cl)cccc1N1C(=O)C(c2ccc(F)cc2)=C(N2CCCc3ccccc32)C1=O. The number of anilines is 2. The van der Waals surface area contributed by atoms with Crippen LogP contribution in [0.25, 0.3) is 5.57 Å². The maximum Gasteiger partial charge on any atom is 0.282 e. The molecule has 0 N–H and O–H groups in total. The van der Waals surface area contributed by atoms with Crippen LogP contribution < -0.4 is 9.80 Å². The van der Waals surface area contributed by atoms with Crippen molar-refractivity contribution in [3.63, 3.8) is 0 Å². The topological polar surface area (TPSA) is 40.6 Å². The summed E-state index contributed by atoms with van der Waals surface area (Å²) in [6.07, 6.45) is 1.76. The fraction of sp³-hybridized carbons (Fsp3) is 0.154. The summed E-state index contributed by atoms with van der Waals surface area (Å²) in [6, 6.07) is 18.8. The van der Waals surface area contributed by atoms with Crippen molar-refractivity contribution in [2.75, 3.05) is 16.3 Å². The van der Waals surface area contributed by atoms with Crippen LogP contribution in [0.5, 0.6) is 0 Å². The van der Waals surface area contributed by atoms with Crippen molar-refractivity contribution in [1.29, 1.82) is 0 Å². The zero-order chi connectivity index (χ0) is 22.4. The number of amides is 2. The van der Waals surface area contributed by atoms with Crippen LogP contribution >= 0.6 is 11.6 Å². The molecule has 2 heterocycles. The second kappa shape index (κ2) is 7.92. The normalized spacial score (nSPS) is 16.1. The number of hydrogen-bond acceptors (Lipinski definition) is 3. The number of imide groups is 1. The number of benzene rings is 3. The molecule has 3 aromatic rings. The van der Waals surface area contributed by atoms with E-state index in [2.05, 4.69) is 0 Å². The Morgan fingerprint density at radius 2 is 1.59 bits per heavy atom. The van der Waals surface area contributed by atoms with Gasteiger partial charge in [-0.2, -0.15) is 0 Å². The van der Waals surface area contributed by atoms with E-state index in [1.807, 2.05) is 29.2 Å². The smallest absolute Gasteiger partial charge is 0.282 e. The number of rotatable bonds is 3. The third-order valence-corrected chi connectivity index (χ3v) is 6.46. The molecule has 0 saturated carbocycles. The molecule has 4 nitrogen and oxygen atoms in total. The van der Waals surface area contributed by atoms with Gasteiger partial charge in [-0.1, -0.05) is 48.0 Å². The van der Waals surface area contributed by atoms with Crippen LogP contribution in [0.2, 0.25) is 5.02 Å². The number of nitrogens with zero attached hydrogens (tertiary/aromatic N) is 2. The predicted octanol–water partition coefficient (Wildman–Crippen LogP) is 5.52. The summed E-state index contributed by atoms with van der Waals surface area (Å²) in [4.78, 5) is 30.7. The molecule has 5 rings (SSSR count). The third-order valence-electron chi connectivity index (χ3n) is 6.05. The van der Waals surface area contributed by atoms with Crippen molar-refractivity contribution in [1.82, 2.24) is 0 Å². The Hall–Kier alpha value is -3.44. The first-order chi connectivity index (χ1) is 15.5. The third kappa shape index (κ3) is 3.21. The zero-order valence-electron chi connectivity index (χ0n) is 17.4. The highest BCUT2D eigenvalue weighted by Crippen LogP contribution is 2.40. The molecule has 160 valence electrons. The number of hydrogen-bond donors (Lipinski definition) is 0. The molecule has 0 spiro atoms. The number of halogens is 2. The lowest BCUT2D eigenvalue weighted by atomic mass is 9.98. The van der Waals surface area contributed by atoms with Crippen LogP contribution in [0, 0.1) is 12.7 Å². The van der Waals surface area contributed by atoms with Crippen LogP contribution in [0.15, 0.2) is 72.4 Å². The van der Waals surface area contributed by atoms with E-state index < -0.39 is 17.6 Å². The van der Waals surface area contributed by atoms with Gasteiger partial charge in [-0.25, -0.2) is 9.29 Å². The summed E-state index contributed by atoms with van der Waals surface area (Å²) in [7, 11) is 0. The molecule has 0 aliphatic carbocycles. The van der Waals surface area contributed by atoms with Gasteiger partial charge < -0.3 is 4.90 Å². The van der Waals surface area contributed by atoms with Crippen LogP contribution in [0.1, 0.15) is 23.1 Å². The van der Waals surface area contributed by atoms with Gasteiger partial charge in [-0.3, -0.25) is 9.59 Å². The second-order valence-corrected chi connectivity index (χ2v) is 8.35. The maximum atomic E-state index is 13.8. The Morgan fingerprint density at radius 3 is 2.38 bits per heavy atom. The van der Waals surface area contributed by atoms with Gasteiger partial charge >= 0.3 is 0 Å². The minimum Gasteiger partial charge on any atom is -0.336 e. The van der Waals surface area contributed by atoms with Crippen molar-refractivity contribution >= 4 is 40.4 Å². The largest absolute Gasteiger partial charge is 0.336 e. The van der Waals surface area contributed by atoms with Crippen LogP contribution in [-0.4, -0.2) is 18.4 Å². The molecule has 0 unspecified atom stereocenters. The molecule has 0 atom stereocenters. The lowest BCUT2D eigenvalue weighted by Gasteiger charge is -2.32. The fourth-order valence-corrected chi connectivity index (χ4v) is 4.64. The van der Waals surface area contributed by atoms with Gasteiger partial charge in [0.25, 0.3) is 11.8 Å². The average Bonchev–Trinajstić information content (AvgIpc) is 3.06. The molecule has 0 radical (unpaired) electrons. The van der Waals surface area contributed by atoms with Crippen LogP contribution in [0.3, 0.4) is 0 Å². The van der Waals surface area contributed by atoms with E-state index in [0.717, 1.165) is 24.1 Å². The minimum absolute atomic E-state index is 0.270. The zero-order valence-corrected chi connectivity index (χ0v) is 18.2. The Labute approximate surface area is 190 Å². The summed E-state index contributed by atoms with van der Waals surface area (Å²) in [6.45, 7) is 2.39. The molecule has 32 heavy (non-hydrogen) atoms. The predicted molar refractivity (Wildman–Crippen MR) is 124 cm³/mol. The molecule has 2 amide bonds. The first-order valence-corrected chi connectivity index (χ1v) is 10.8. The summed E-state index contributed by atoms with van der Waals surface area (Å²) < 4.78 is 13.6. The van der Waals surface area contributed by atoms with Crippen LogP contribution in [-0.2, 0) is 16.0 Å². The van der Waals surface area contributed by atoms with E-state index in [1.165, 1.54) is 17.0 Å². The Kier molecular flexibility index (Phi) is 5.06. The highest BCUT2D eigenvalue weighted by Gasteiger charge is 2.44. The molecular formula is C26H20ClFN2O2. The first kappa shape index (κ1) is 20.5. The Balaban J connectivity index is 1.72. The molecule has 3 aromatic carbocycles. The van der Waals surface area contributed by atoms with Crippen LogP contribution in [0.4, 0.5) is 15.8 Å². The lowest BCUT2D eigenvalue weighted by Crippen LogP contribution is -2.37. The van der Waals surface area contributed by atoms with Crippen molar-refractivity contribution in [3.05, 3.63) is 100.0 Å². The van der Waals surface area contributed by atoms with E-state index >= 15 is 0 Å². The monoisotopic (exact) mass is 446 g/mol. The van der Waals surface area contributed by atoms with E-state index in [1.54, 1.807) is 37.3 Å². The lowest BCUT2D eigenvalue weighted by molar-refractivity contribution is -0.120. The van der Waals surface area contributed by atoms with Gasteiger partial charge in [-0.15, -0.1) is 0 Å². The highest BCUT2D eigenvalue weighted by atomic mass is 35.5. The highest BCUT2D eigenvalue weighted by molar-refractivity contribution is 6.46. The van der Waals surface area contributed by atoms with Gasteiger partial charge in [0.05, 0.1) is 11.3 Å². The van der Waals surface area contributed by atoms with Gasteiger partial charge in [0.15, 0.2) is 0 Å². The second-order valence-electron chi connectivity index (χ2n) is 7.94. The van der Waals surface area contributed by atoms with Crippen molar-refractivity contribution in [3.8, 4) is 0 Å². The molecule has 6 heteroatoms. The van der Waals surface area contributed by atoms with E-state index in [-0.39, 0.29) is 5.57 Å². The number of fused-ring (bicyclic) bond motifs is 1. The quantitative estimate of drug-likeness (QED) is 0.497. The van der Waals surface area contributed by atoms with Crippen molar-refractivity contribution in [2.24, 2.45) is 0 Å². The number of aryl methyl sites for hydroxylation is 1.